The zero-order valence-corrected chi connectivity index (χ0v) is 11.6. The fourth-order valence-electron chi connectivity index (χ4n) is 1.88. The van der Waals surface area contributed by atoms with E-state index in [9.17, 15) is 26.3 Å². The van der Waals surface area contributed by atoms with Gasteiger partial charge in [0.15, 0.2) is 0 Å². The van der Waals surface area contributed by atoms with Crippen molar-refractivity contribution in [3.63, 3.8) is 0 Å². The lowest BCUT2D eigenvalue weighted by atomic mass is 9.73. The molecule has 0 N–H and O–H groups in total. The molecule has 0 nitrogen and oxygen atoms in total. The number of rotatable bonds is 2. The van der Waals surface area contributed by atoms with E-state index in [0.29, 0.717) is 0 Å². The van der Waals surface area contributed by atoms with Gasteiger partial charge in [0, 0.05) is 0 Å². The zero-order valence-electron chi connectivity index (χ0n) is 11.6. The van der Waals surface area contributed by atoms with Crippen molar-refractivity contribution in [2.45, 2.75) is 50.9 Å². The molecule has 0 fully saturated rings. The van der Waals surface area contributed by atoms with Crippen LogP contribution in [0.2, 0.25) is 0 Å². The first-order valence-electron chi connectivity index (χ1n) is 5.96. The molecule has 1 aromatic rings. The standard InChI is InChI=1S/C14H16F6/c1-11(2,13(15,16)17)9-7-5-6-8-10(9)12(3,4)14(18,19)20/h5-8H,1-4H3. The molecule has 0 spiro atoms. The van der Waals surface area contributed by atoms with Gasteiger partial charge in [-0.2, -0.15) is 26.3 Å². The van der Waals surface area contributed by atoms with Crippen LogP contribution < -0.4 is 0 Å². The van der Waals surface area contributed by atoms with Crippen molar-refractivity contribution in [2.24, 2.45) is 0 Å². The second-order valence-electron chi connectivity index (χ2n) is 5.79. The van der Waals surface area contributed by atoms with E-state index in [1.807, 2.05) is 0 Å². The Labute approximate surface area is 113 Å². The van der Waals surface area contributed by atoms with Crippen LogP contribution in [0.3, 0.4) is 0 Å². The Balaban J connectivity index is 3.55. The van der Waals surface area contributed by atoms with E-state index in [2.05, 4.69) is 0 Å². The number of hydrogen-bond acceptors (Lipinski definition) is 0. The molecule has 0 aliphatic heterocycles. The Morgan fingerprint density at radius 1 is 0.600 bits per heavy atom. The monoisotopic (exact) mass is 298 g/mol. The highest BCUT2D eigenvalue weighted by Gasteiger charge is 2.54. The topological polar surface area (TPSA) is 0 Å². The summed E-state index contributed by atoms with van der Waals surface area (Å²) in [5.41, 5.74) is -5.41. The summed E-state index contributed by atoms with van der Waals surface area (Å²) in [6, 6.07) is 4.85. The van der Waals surface area contributed by atoms with Crippen LogP contribution in [-0.2, 0) is 10.8 Å². The summed E-state index contributed by atoms with van der Waals surface area (Å²) < 4.78 is 78.6. The third kappa shape index (κ3) is 2.65. The largest absolute Gasteiger partial charge is 0.397 e. The molecular formula is C14H16F6. The Hall–Kier alpha value is -1.20. The molecule has 0 amide bonds. The first kappa shape index (κ1) is 16.9. The average Bonchev–Trinajstić information content (AvgIpc) is 2.26. The predicted octanol–water partition coefficient (Wildman–Crippen LogP) is 5.37. The van der Waals surface area contributed by atoms with Gasteiger partial charge in [-0.1, -0.05) is 24.3 Å². The van der Waals surface area contributed by atoms with Crippen LogP contribution in [0.1, 0.15) is 38.8 Å². The Bertz CT molecular complexity index is 434. The Kier molecular flexibility index (Phi) is 3.93. The van der Waals surface area contributed by atoms with Gasteiger partial charge in [0.05, 0.1) is 10.8 Å². The van der Waals surface area contributed by atoms with Gasteiger partial charge in [0.2, 0.25) is 0 Å². The molecule has 0 aliphatic rings. The van der Waals surface area contributed by atoms with E-state index >= 15 is 0 Å². The molecule has 114 valence electrons. The molecule has 1 aromatic carbocycles. The molecule has 6 heteroatoms. The minimum Gasteiger partial charge on any atom is -0.170 e. The lowest BCUT2D eigenvalue weighted by molar-refractivity contribution is -0.188. The summed E-state index contributed by atoms with van der Waals surface area (Å²) in [5.74, 6) is 0. The molecule has 0 bridgehead atoms. The summed E-state index contributed by atoms with van der Waals surface area (Å²) in [5, 5.41) is 0. The van der Waals surface area contributed by atoms with E-state index in [1.165, 1.54) is 12.1 Å². The van der Waals surface area contributed by atoms with E-state index < -0.39 is 23.2 Å². The predicted molar refractivity (Wildman–Crippen MR) is 64.6 cm³/mol. The highest BCUT2D eigenvalue weighted by molar-refractivity contribution is 5.40. The van der Waals surface area contributed by atoms with E-state index in [-0.39, 0.29) is 11.1 Å². The van der Waals surface area contributed by atoms with Crippen molar-refractivity contribution in [1.29, 1.82) is 0 Å². The molecule has 0 saturated heterocycles. The minimum absolute atomic E-state index is 0.352. The fourth-order valence-corrected chi connectivity index (χ4v) is 1.88. The molecule has 0 radical (unpaired) electrons. The molecule has 0 saturated carbocycles. The van der Waals surface area contributed by atoms with Crippen molar-refractivity contribution < 1.29 is 26.3 Å². The number of benzene rings is 1. The zero-order chi connectivity index (χ0) is 16.0. The molecule has 20 heavy (non-hydrogen) atoms. The third-order valence-electron chi connectivity index (χ3n) is 3.69. The second kappa shape index (κ2) is 4.67. The third-order valence-corrected chi connectivity index (χ3v) is 3.69. The Morgan fingerprint density at radius 2 is 0.850 bits per heavy atom. The summed E-state index contributed by atoms with van der Waals surface area (Å²) in [7, 11) is 0. The normalized spacial score (nSPS) is 14.5. The van der Waals surface area contributed by atoms with Crippen molar-refractivity contribution in [2.75, 3.05) is 0 Å². The summed E-state index contributed by atoms with van der Waals surface area (Å²) in [6.07, 6.45) is -9.27. The van der Waals surface area contributed by atoms with Gasteiger partial charge < -0.3 is 0 Å². The van der Waals surface area contributed by atoms with Crippen molar-refractivity contribution >= 4 is 0 Å². The highest BCUT2D eigenvalue weighted by atomic mass is 19.4. The van der Waals surface area contributed by atoms with E-state index in [4.69, 9.17) is 0 Å². The van der Waals surface area contributed by atoms with Crippen molar-refractivity contribution in [3.05, 3.63) is 35.4 Å². The summed E-state index contributed by atoms with van der Waals surface area (Å²) in [4.78, 5) is 0. The van der Waals surface area contributed by atoms with Gasteiger partial charge in [0.25, 0.3) is 0 Å². The second-order valence-corrected chi connectivity index (χ2v) is 5.79. The van der Waals surface area contributed by atoms with Gasteiger partial charge in [-0.25, -0.2) is 0 Å². The van der Waals surface area contributed by atoms with Crippen LogP contribution in [0.4, 0.5) is 26.3 Å². The van der Waals surface area contributed by atoms with Crippen LogP contribution >= 0.6 is 0 Å². The van der Waals surface area contributed by atoms with E-state index in [1.54, 1.807) is 0 Å². The van der Waals surface area contributed by atoms with Crippen LogP contribution in [0.15, 0.2) is 24.3 Å². The maximum atomic E-state index is 13.1. The van der Waals surface area contributed by atoms with Crippen LogP contribution in [0.25, 0.3) is 0 Å². The van der Waals surface area contributed by atoms with Gasteiger partial charge in [-0.3, -0.25) is 0 Å². The maximum absolute atomic E-state index is 13.1. The maximum Gasteiger partial charge on any atom is 0.397 e. The molecule has 0 aliphatic carbocycles. The van der Waals surface area contributed by atoms with Gasteiger partial charge in [-0.05, 0) is 38.8 Å². The van der Waals surface area contributed by atoms with Crippen molar-refractivity contribution in [1.82, 2.24) is 0 Å². The minimum atomic E-state index is -4.63. The molecule has 0 unspecified atom stereocenters. The van der Waals surface area contributed by atoms with Crippen molar-refractivity contribution in [3.8, 4) is 0 Å². The number of hydrogen-bond donors (Lipinski definition) is 0. The number of alkyl halides is 6. The van der Waals surface area contributed by atoms with Crippen LogP contribution in [0.5, 0.6) is 0 Å². The van der Waals surface area contributed by atoms with Crippen LogP contribution in [-0.4, -0.2) is 12.4 Å². The first-order valence-corrected chi connectivity index (χ1v) is 5.96. The van der Waals surface area contributed by atoms with E-state index in [0.717, 1.165) is 39.8 Å². The average molecular weight is 298 g/mol. The van der Waals surface area contributed by atoms with Crippen LogP contribution in [0, 0.1) is 0 Å². The number of halogens is 6. The SMILES string of the molecule is CC(C)(c1ccccc1C(C)(C)C(F)(F)F)C(F)(F)F. The van der Waals surface area contributed by atoms with Gasteiger partial charge >= 0.3 is 12.4 Å². The van der Waals surface area contributed by atoms with Gasteiger partial charge in [-0.15, -0.1) is 0 Å². The lowest BCUT2D eigenvalue weighted by Gasteiger charge is -2.36. The summed E-state index contributed by atoms with van der Waals surface area (Å²) in [6.45, 7) is 3.55. The first-order chi connectivity index (χ1) is 8.73. The highest BCUT2D eigenvalue weighted by Crippen LogP contribution is 2.48. The molecule has 0 aromatic heterocycles. The molecule has 1 rings (SSSR count). The molecule has 0 heterocycles. The lowest BCUT2D eigenvalue weighted by Crippen LogP contribution is -2.42. The summed E-state index contributed by atoms with van der Waals surface area (Å²) >= 11 is 0. The quantitative estimate of drug-likeness (QED) is 0.644. The fraction of sp³-hybridized carbons (Fsp3) is 0.571. The Morgan fingerprint density at radius 3 is 1.05 bits per heavy atom. The molecular weight excluding hydrogens is 282 g/mol. The molecule has 0 atom stereocenters. The smallest absolute Gasteiger partial charge is 0.170 e. The van der Waals surface area contributed by atoms with Gasteiger partial charge in [0.1, 0.15) is 0 Å².